The molecule has 1 rings (SSSR count). The standard InChI is InChI=1S/C9H19N2.BrH/c1-8(2)11(9(3)4)6-5-10-7-11;/h7-9H,5-6H2,1-4H3;1H/q+1;/p-1. The van der Waals surface area contributed by atoms with Gasteiger partial charge in [0.25, 0.3) is 0 Å². The fraction of sp³-hybridized carbons (Fsp3) is 0.889. The van der Waals surface area contributed by atoms with Gasteiger partial charge in [-0.25, -0.2) is 4.99 Å². The molecule has 0 fully saturated rings. The molecule has 0 saturated carbocycles. The van der Waals surface area contributed by atoms with Gasteiger partial charge in [0.1, 0.15) is 6.54 Å². The minimum atomic E-state index is 0. The Labute approximate surface area is 86.0 Å². The third-order valence-electron chi connectivity index (χ3n) is 2.84. The van der Waals surface area contributed by atoms with E-state index in [4.69, 9.17) is 0 Å². The third kappa shape index (κ3) is 1.88. The molecule has 0 aromatic heterocycles. The number of nitrogens with zero attached hydrogens (tertiary/aromatic N) is 2. The van der Waals surface area contributed by atoms with Crippen molar-refractivity contribution in [3.63, 3.8) is 0 Å². The molecular formula is C9H19BrN2. The summed E-state index contributed by atoms with van der Waals surface area (Å²) in [6.07, 6.45) is 2.13. The number of aliphatic imine (C=N–C) groups is 1. The van der Waals surface area contributed by atoms with Gasteiger partial charge in [0.05, 0.1) is 18.6 Å². The van der Waals surface area contributed by atoms with Crippen molar-refractivity contribution in [2.75, 3.05) is 13.1 Å². The van der Waals surface area contributed by atoms with Crippen LogP contribution in [0.3, 0.4) is 0 Å². The number of quaternary nitrogens is 1. The molecule has 72 valence electrons. The molecular weight excluding hydrogens is 216 g/mol. The van der Waals surface area contributed by atoms with Crippen molar-refractivity contribution in [3.05, 3.63) is 0 Å². The monoisotopic (exact) mass is 234 g/mol. The summed E-state index contributed by atoms with van der Waals surface area (Å²) in [5, 5.41) is 0. The van der Waals surface area contributed by atoms with E-state index in [0.29, 0.717) is 12.1 Å². The summed E-state index contributed by atoms with van der Waals surface area (Å²) in [5.41, 5.74) is 0. The molecule has 1 aliphatic heterocycles. The maximum atomic E-state index is 4.33. The lowest BCUT2D eigenvalue weighted by atomic mass is 10.2. The summed E-state index contributed by atoms with van der Waals surface area (Å²) in [7, 11) is 0. The molecule has 0 N–H and O–H groups in total. The van der Waals surface area contributed by atoms with Crippen molar-refractivity contribution in [2.24, 2.45) is 4.99 Å². The fourth-order valence-electron chi connectivity index (χ4n) is 1.88. The van der Waals surface area contributed by atoms with Crippen molar-refractivity contribution in [1.29, 1.82) is 0 Å². The van der Waals surface area contributed by atoms with Gasteiger partial charge in [0.15, 0.2) is 6.34 Å². The van der Waals surface area contributed by atoms with E-state index in [-0.39, 0.29) is 17.0 Å². The summed E-state index contributed by atoms with van der Waals surface area (Å²) >= 11 is 0. The van der Waals surface area contributed by atoms with Crippen LogP contribution in [0.25, 0.3) is 0 Å². The van der Waals surface area contributed by atoms with E-state index in [2.05, 4.69) is 39.0 Å². The Hall–Kier alpha value is 0.110. The van der Waals surface area contributed by atoms with Crippen LogP contribution in [-0.4, -0.2) is 36.0 Å². The molecule has 0 aliphatic carbocycles. The number of hydrogen-bond acceptors (Lipinski definition) is 1. The molecule has 0 bridgehead atoms. The molecule has 3 heteroatoms. The van der Waals surface area contributed by atoms with E-state index < -0.39 is 0 Å². The largest absolute Gasteiger partial charge is 1.00 e. The van der Waals surface area contributed by atoms with E-state index >= 15 is 0 Å². The second kappa shape index (κ2) is 4.38. The van der Waals surface area contributed by atoms with E-state index in [9.17, 15) is 0 Å². The molecule has 0 saturated heterocycles. The molecule has 0 aromatic carbocycles. The van der Waals surface area contributed by atoms with Gasteiger partial charge in [0, 0.05) is 0 Å². The van der Waals surface area contributed by atoms with Gasteiger partial charge < -0.3 is 17.0 Å². The van der Waals surface area contributed by atoms with Crippen molar-refractivity contribution in [1.82, 2.24) is 0 Å². The lowest BCUT2D eigenvalue weighted by Crippen LogP contribution is -3.00. The molecule has 0 atom stereocenters. The Balaban J connectivity index is 0.00000121. The average Bonchev–Trinajstić information content (AvgIpc) is 2.34. The molecule has 0 amide bonds. The second-order valence-corrected chi connectivity index (χ2v) is 3.93. The molecule has 12 heavy (non-hydrogen) atoms. The lowest BCUT2D eigenvalue weighted by Gasteiger charge is -2.38. The lowest BCUT2D eigenvalue weighted by molar-refractivity contribution is -0.872. The molecule has 1 aliphatic rings. The van der Waals surface area contributed by atoms with Crippen LogP contribution in [0.4, 0.5) is 0 Å². The van der Waals surface area contributed by atoms with Crippen molar-refractivity contribution >= 4 is 6.34 Å². The minimum absolute atomic E-state index is 0. The first-order valence-corrected chi connectivity index (χ1v) is 4.47. The highest BCUT2D eigenvalue weighted by molar-refractivity contribution is 5.48. The fourth-order valence-corrected chi connectivity index (χ4v) is 1.88. The zero-order chi connectivity index (χ0) is 8.48. The average molecular weight is 235 g/mol. The zero-order valence-corrected chi connectivity index (χ0v) is 10.0. The van der Waals surface area contributed by atoms with Gasteiger partial charge in [-0.3, -0.25) is 4.48 Å². The SMILES string of the molecule is CC(C)[N+]1(C(C)C)C=NCC1.[Br-]. The van der Waals surface area contributed by atoms with Crippen LogP contribution in [0, 0.1) is 0 Å². The van der Waals surface area contributed by atoms with Crippen LogP contribution in [-0.2, 0) is 0 Å². The predicted octanol–water partition coefficient (Wildman–Crippen LogP) is -1.33. The van der Waals surface area contributed by atoms with E-state index in [0.717, 1.165) is 11.0 Å². The maximum Gasteiger partial charge on any atom is 0.185 e. The summed E-state index contributed by atoms with van der Waals surface area (Å²) < 4.78 is 1.07. The number of halogens is 1. The Morgan fingerprint density at radius 3 is 1.83 bits per heavy atom. The highest BCUT2D eigenvalue weighted by atomic mass is 79.9. The van der Waals surface area contributed by atoms with E-state index in [1.54, 1.807) is 0 Å². The minimum Gasteiger partial charge on any atom is -1.00 e. The maximum absolute atomic E-state index is 4.33. The summed E-state index contributed by atoms with van der Waals surface area (Å²) in [5.74, 6) is 0. The number of hydrogen-bond donors (Lipinski definition) is 0. The van der Waals surface area contributed by atoms with Crippen LogP contribution < -0.4 is 17.0 Å². The Kier molecular flexibility index (Phi) is 4.42. The van der Waals surface area contributed by atoms with Crippen molar-refractivity contribution in [2.45, 2.75) is 39.8 Å². The molecule has 0 unspecified atom stereocenters. The van der Waals surface area contributed by atoms with E-state index in [1.807, 2.05) is 0 Å². The van der Waals surface area contributed by atoms with Crippen LogP contribution >= 0.6 is 0 Å². The highest BCUT2D eigenvalue weighted by Crippen LogP contribution is 2.19. The predicted molar refractivity (Wildman–Crippen MR) is 48.8 cm³/mol. The second-order valence-electron chi connectivity index (χ2n) is 3.93. The summed E-state index contributed by atoms with van der Waals surface area (Å²) in [4.78, 5) is 4.33. The van der Waals surface area contributed by atoms with Crippen molar-refractivity contribution < 1.29 is 21.5 Å². The third-order valence-corrected chi connectivity index (χ3v) is 2.84. The van der Waals surface area contributed by atoms with Gasteiger partial charge in [-0.2, -0.15) is 0 Å². The van der Waals surface area contributed by atoms with Crippen molar-refractivity contribution in [3.8, 4) is 0 Å². The first-order chi connectivity index (χ1) is 5.09. The first-order valence-electron chi connectivity index (χ1n) is 4.47. The van der Waals surface area contributed by atoms with Gasteiger partial charge >= 0.3 is 0 Å². The summed E-state index contributed by atoms with van der Waals surface area (Å²) in [6.45, 7) is 11.3. The van der Waals surface area contributed by atoms with Gasteiger partial charge in [-0.15, -0.1) is 0 Å². The smallest absolute Gasteiger partial charge is 0.185 e. The van der Waals surface area contributed by atoms with E-state index in [1.165, 1.54) is 6.54 Å². The Bertz CT molecular complexity index is 156. The molecule has 0 radical (unpaired) electrons. The zero-order valence-electron chi connectivity index (χ0n) is 8.42. The van der Waals surface area contributed by atoms with Gasteiger partial charge in [0.2, 0.25) is 0 Å². The van der Waals surface area contributed by atoms with Crippen LogP contribution in [0.15, 0.2) is 4.99 Å². The highest BCUT2D eigenvalue weighted by Gasteiger charge is 2.35. The van der Waals surface area contributed by atoms with Gasteiger partial charge in [-0.1, -0.05) is 0 Å². The Morgan fingerprint density at radius 1 is 1.17 bits per heavy atom. The topological polar surface area (TPSA) is 12.4 Å². The first kappa shape index (κ1) is 12.1. The number of rotatable bonds is 2. The van der Waals surface area contributed by atoms with Gasteiger partial charge in [-0.05, 0) is 27.7 Å². The molecule has 0 aromatic rings. The Morgan fingerprint density at radius 2 is 1.67 bits per heavy atom. The van der Waals surface area contributed by atoms with Crippen LogP contribution in [0.2, 0.25) is 0 Å². The molecule has 0 spiro atoms. The van der Waals surface area contributed by atoms with Crippen LogP contribution in [0.5, 0.6) is 0 Å². The molecule has 1 heterocycles. The normalized spacial score (nSPS) is 20.2. The van der Waals surface area contributed by atoms with Crippen LogP contribution in [0.1, 0.15) is 27.7 Å². The summed E-state index contributed by atoms with van der Waals surface area (Å²) in [6, 6.07) is 1.34. The quantitative estimate of drug-likeness (QED) is 0.526. The molecule has 2 nitrogen and oxygen atoms in total.